The highest BCUT2D eigenvalue weighted by molar-refractivity contribution is 7.11. The zero-order valence-corrected chi connectivity index (χ0v) is 13.9. The van der Waals surface area contributed by atoms with Crippen LogP contribution >= 0.6 is 11.3 Å². The number of ether oxygens (including phenoxy) is 3. The lowest BCUT2D eigenvalue weighted by atomic mass is 10.1. The average molecular weight is 354 g/mol. The van der Waals surface area contributed by atoms with Crippen LogP contribution in [-0.2, 0) is 6.54 Å². The molecule has 0 saturated carbocycles. The van der Waals surface area contributed by atoms with Gasteiger partial charge in [0.1, 0.15) is 5.75 Å². The summed E-state index contributed by atoms with van der Waals surface area (Å²) in [5, 5.41) is 5.34. The van der Waals surface area contributed by atoms with Gasteiger partial charge >= 0.3 is 0 Å². The molecule has 25 heavy (non-hydrogen) atoms. The lowest BCUT2D eigenvalue weighted by molar-refractivity contribution is 0.0950. The quantitative estimate of drug-likeness (QED) is 0.758. The van der Waals surface area contributed by atoms with Gasteiger partial charge in [-0.15, -0.1) is 0 Å². The third-order valence-electron chi connectivity index (χ3n) is 3.63. The van der Waals surface area contributed by atoms with E-state index in [4.69, 9.17) is 14.2 Å². The molecule has 0 unspecified atom stereocenters. The maximum absolute atomic E-state index is 12.3. The van der Waals surface area contributed by atoms with E-state index in [-0.39, 0.29) is 12.7 Å². The fourth-order valence-corrected chi connectivity index (χ4v) is 2.86. The van der Waals surface area contributed by atoms with Gasteiger partial charge < -0.3 is 19.5 Å². The number of thiazole rings is 1. The Hall–Kier alpha value is -3.06. The summed E-state index contributed by atoms with van der Waals surface area (Å²) in [6.45, 7) is 0.612. The van der Waals surface area contributed by atoms with E-state index in [1.165, 1.54) is 11.3 Å². The van der Waals surface area contributed by atoms with Gasteiger partial charge in [0, 0.05) is 23.7 Å². The molecule has 1 N–H and O–H groups in total. The number of aromatic nitrogens is 1. The van der Waals surface area contributed by atoms with Crippen LogP contribution in [0.5, 0.6) is 22.4 Å². The SMILES string of the molecule is O=C(NCc1ccc(Oc2nccs2)cc1)c1ccc2c(c1)OCO2. The van der Waals surface area contributed by atoms with Crippen LogP contribution in [0.1, 0.15) is 15.9 Å². The number of carbonyl (C=O) groups is 1. The van der Waals surface area contributed by atoms with Gasteiger partial charge in [-0.25, -0.2) is 4.98 Å². The summed E-state index contributed by atoms with van der Waals surface area (Å²) in [5.41, 5.74) is 1.51. The van der Waals surface area contributed by atoms with Gasteiger partial charge in [0.05, 0.1) is 0 Å². The summed E-state index contributed by atoms with van der Waals surface area (Å²) in [6.07, 6.45) is 1.69. The Morgan fingerprint density at radius 2 is 2.00 bits per heavy atom. The molecule has 0 spiro atoms. The topological polar surface area (TPSA) is 69.7 Å². The number of fused-ring (bicyclic) bond motifs is 1. The number of carbonyl (C=O) groups excluding carboxylic acids is 1. The van der Waals surface area contributed by atoms with Crippen molar-refractivity contribution in [1.82, 2.24) is 10.3 Å². The molecule has 3 aromatic rings. The fraction of sp³-hybridized carbons (Fsp3) is 0.111. The summed E-state index contributed by atoms with van der Waals surface area (Å²) in [7, 11) is 0. The fourth-order valence-electron chi connectivity index (χ4n) is 2.36. The van der Waals surface area contributed by atoms with E-state index in [2.05, 4.69) is 10.3 Å². The Morgan fingerprint density at radius 1 is 1.16 bits per heavy atom. The predicted octanol–water partition coefficient (Wildman–Crippen LogP) is 3.59. The predicted molar refractivity (Wildman–Crippen MR) is 92.4 cm³/mol. The van der Waals surface area contributed by atoms with E-state index in [1.54, 1.807) is 24.4 Å². The highest BCUT2D eigenvalue weighted by Gasteiger charge is 2.16. The van der Waals surface area contributed by atoms with Crippen LogP contribution in [0.15, 0.2) is 54.0 Å². The number of hydrogen-bond acceptors (Lipinski definition) is 6. The summed E-state index contributed by atoms with van der Waals surface area (Å²) in [6, 6.07) is 12.6. The second kappa shape index (κ2) is 6.82. The molecule has 0 saturated heterocycles. The minimum atomic E-state index is -0.165. The molecular weight excluding hydrogens is 340 g/mol. The van der Waals surface area contributed by atoms with Crippen LogP contribution in [0.3, 0.4) is 0 Å². The molecule has 0 bridgehead atoms. The van der Waals surface area contributed by atoms with Gasteiger partial charge in [0.15, 0.2) is 11.5 Å². The average Bonchev–Trinajstić information content (AvgIpc) is 3.31. The molecule has 7 heteroatoms. The first-order valence-corrected chi connectivity index (χ1v) is 8.50. The molecule has 4 rings (SSSR count). The van der Waals surface area contributed by atoms with Gasteiger partial charge in [-0.1, -0.05) is 23.5 Å². The lowest BCUT2D eigenvalue weighted by Gasteiger charge is -2.07. The monoisotopic (exact) mass is 354 g/mol. The van der Waals surface area contributed by atoms with Crippen molar-refractivity contribution < 1.29 is 19.0 Å². The summed E-state index contributed by atoms with van der Waals surface area (Å²) in [4.78, 5) is 16.3. The second-order valence-electron chi connectivity index (χ2n) is 5.29. The van der Waals surface area contributed by atoms with E-state index < -0.39 is 0 Å². The summed E-state index contributed by atoms with van der Waals surface area (Å²) in [5.74, 6) is 1.80. The normalized spacial score (nSPS) is 12.0. The summed E-state index contributed by atoms with van der Waals surface area (Å²) >= 11 is 1.43. The standard InChI is InChI=1S/C18H14N2O4S/c21-17(13-3-6-15-16(9-13)23-11-22-15)20-10-12-1-4-14(5-2-12)24-18-19-7-8-25-18/h1-9H,10-11H2,(H,20,21). The molecule has 2 heterocycles. The molecule has 2 aromatic carbocycles. The Kier molecular flexibility index (Phi) is 4.22. The minimum Gasteiger partial charge on any atom is -0.454 e. The Labute approximate surface area is 148 Å². The third-order valence-corrected chi connectivity index (χ3v) is 4.27. The molecule has 126 valence electrons. The number of hydrogen-bond donors (Lipinski definition) is 1. The molecule has 0 radical (unpaired) electrons. The molecule has 0 aliphatic carbocycles. The van der Waals surface area contributed by atoms with Gasteiger partial charge in [-0.3, -0.25) is 4.79 Å². The second-order valence-corrected chi connectivity index (χ2v) is 6.15. The molecule has 1 aromatic heterocycles. The van der Waals surface area contributed by atoms with Crippen LogP contribution in [0.25, 0.3) is 0 Å². The molecule has 1 amide bonds. The molecule has 6 nitrogen and oxygen atoms in total. The maximum Gasteiger partial charge on any atom is 0.278 e. The van der Waals surface area contributed by atoms with Gasteiger partial charge in [0.25, 0.3) is 11.1 Å². The number of amides is 1. The number of rotatable bonds is 5. The van der Waals surface area contributed by atoms with Crippen LogP contribution in [0.2, 0.25) is 0 Å². The Balaban J connectivity index is 1.35. The van der Waals surface area contributed by atoms with Gasteiger partial charge in [-0.2, -0.15) is 0 Å². The third kappa shape index (κ3) is 3.56. The number of nitrogens with one attached hydrogen (secondary N) is 1. The van der Waals surface area contributed by atoms with E-state index in [1.807, 2.05) is 29.6 Å². The number of benzene rings is 2. The van der Waals surface area contributed by atoms with Crippen LogP contribution in [0.4, 0.5) is 0 Å². The van der Waals surface area contributed by atoms with Crippen molar-refractivity contribution >= 4 is 17.2 Å². The van der Waals surface area contributed by atoms with Crippen LogP contribution in [0, 0.1) is 0 Å². The zero-order valence-electron chi connectivity index (χ0n) is 13.1. The first-order valence-electron chi connectivity index (χ1n) is 7.62. The van der Waals surface area contributed by atoms with Gasteiger partial charge in [-0.05, 0) is 35.9 Å². The molecule has 0 atom stereocenters. The zero-order chi connectivity index (χ0) is 17.1. The maximum atomic E-state index is 12.3. The Bertz CT molecular complexity index is 879. The van der Waals surface area contributed by atoms with Crippen molar-refractivity contribution in [3.63, 3.8) is 0 Å². The van der Waals surface area contributed by atoms with Crippen molar-refractivity contribution in [3.8, 4) is 22.4 Å². The highest BCUT2D eigenvalue weighted by Crippen LogP contribution is 2.32. The number of nitrogens with zero attached hydrogens (tertiary/aromatic N) is 1. The van der Waals surface area contributed by atoms with E-state index >= 15 is 0 Å². The smallest absolute Gasteiger partial charge is 0.278 e. The molecular formula is C18H14N2O4S. The Morgan fingerprint density at radius 3 is 2.80 bits per heavy atom. The first kappa shape index (κ1) is 15.5. The molecule has 0 fully saturated rings. The minimum absolute atomic E-state index is 0.165. The largest absolute Gasteiger partial charge is 0.454 e. The van der Waals surface area contributed by atoms with E-state index in [0.29, 0.717) is 34.6 Å². The van der Waals surface area contributed by atoms with E-state index in [9.17, 15) is 4.79 Å². The molecule has 1 aliphatic rings. The first-order chi connectivity index (χ1) is 12.3. The van der Waals surface area contributed by atoms with Crippen molar-refractivity contribution in [2.45, 2.75) is 6.54 Å². The van der Waals surface area contributed by atoms with Crippen molar-refractivity contribution in [3.05, 3.63) is 65.2 Å². The van der Waals surface area contributed by atoms with Crippen molar-refractivity contribution in [2.75, 3.05) is 6.79 Å². The van der Waals surface area contributed by atoms with Gasteiger partial charge in [0.2, 0.25) is 6.79 Å². The van der Waals surface area contributed by atoms with Crippen molar-refractivity contribution in [1.29, 1.82) is 0 Å². The van der Waals surface area contributed by atoms with Crippen LogP contribution in [-0.4, -0.2) is 17.7 Å². The van der Waals surface area contributed by atoms with Crippen LogP contribution < -0.4 is 19.5 Å². The summed E-state index contributed by atoms with van der Waals surface area (Å²) < 4.78 is 16.1. The lowest BCUT2D eigenvalue weighted by Crippen LogP contribution is -2.22. The van der Waals surface area contributed by atoms with E-state index in [0.717, 1.165) is 5.56 Å². The highest BCUT2D eigenvalue weighted by atomic mass is 32.1. The molecule has 1 aliphatic heterocycles. The van der Waals surface area contributed by atoms with Crippen molar-refractivity contribution in [2.24, 2.45) is 0 Å².